The van der Waals surface area contributed by atoms with E-state index in [1.165, 1.54) is 27.1 Å². The number of ether oxygens (including phenoxy) is 2. The van der Waals surface area contributed by atoms with Crippen LogP contribution in [-0.4, -0.2) is 55.0 Å². The average molecular weight is 776 g/mol. The van der Waals surface area contributed by atoms with E-state index >= 15 is 0 Å². The normalized spacial score (nSPS) is 18.4. The van der Waals surface area contributed by atoms with Gasteiger partial charge in [0.2, 0.25) is 11.8 Å². The highest BCUT2D eigenvalue weighted by atomic mass is 28.4. The topological polar surface area (TPSA) is 92.6 Å². The lowest BCUT2D eigenvalue weighted by Gasteiger charge is -2.40. The van der Waals surface area contributed by atoms with E-state index in [1.54, 1.807) is 0 Å². The summed E-state index contributed by atoms with van der Waals surface area (Å²) in [6.45, 7) is 24.2. The molecule has 1 fully saturated rings. The Balaban J connectivity index is 1.24. The molecule has 3 heterocycles. The predicted molar refractivity (Wildman–Crippen MR) is 229 cm³/mol. The van der Waals surface area contributed by atoms with Crippen LogP contribution in [0.5, 0.6) is 5.88 Å². The first-order valence-electron chi connectivity index (χ1n) is 19.5. The van der Waals surface area contributed by atoms with Crippen molar-refractivity contribution < 1.29 is 18.3 Å². The molecule has 4 aromatic carbocycles. The Morgan fingerprint density at radius 2 is 1.42 bits per heavy atom. The van der Waals surface area contributed by atoms with Crippen LogP contribution >= 0.6 is 0 Å². The van der Waals surface area contributed by atoms with Crippen molar-refractivity contribution in [2.45, 2.75) is 116 Å². The molecule has 0 aliphatic carbocycles. The van der Waals surface area contributed by atoms with Gasteiger partial charge in [0.1, 0.15) is 18.9 Å². The average Bonchev–Trinajstić information content (AvgIpc) is 3.74. The Morgan fingerprint density at radius 1 is 0.800 bits per heavy atom. The van der Waals surface area contributed by atoms with Crippen molar-refractivity contribution in [2.75, 3.05) is 11.9 Å². The van der Waals surface area contributed by atoms with Crippen LogP contribution < -0.4 is 10.1 Å². The predicted octanol–water partition coefficient (Wildman–Crippen LogP) is 11.0. The van der Waals surface area contributed by atoms with E-state index in [9.17, 15) is 0 Å². The van der Waals surface area contributed by atoms with Gasteiger partial charge in [-0.1, -0.05) is 120 Å². The van der Waals surface area contributed by atoms with E-state index < -0.39 is 16.6 Å². The summed E-state index contributed by atoms with van der Waals surface area (Å²) in [5, 5.41) is 8.48. The van der Waals surface area contributed by atoms with Crippen molar-refractivity contribution in [1.82, 2.24) is 19.5 Å². The molecule has 6 aromatic rings. The van der Waals surface area contributed by atoms with Crippen LogP contribution in [0.25, 0.3) is 32.7 Å². The number of fused-ring (bicyclic) bond motifs is 3. The Morgan fingerprint density at radius 3 is 2.05 bits per heavy atom. The summed E-state index contributed by atoms with van der Waals surface area (Å²) in [6.07, 6.45) is 1.72. The molecule has 1 aliphatic rings. The molecule has 0 radical (unpaired) electrons. The molecule has 9 nitrogen and oxygen atoms in total. The van der Waals surface area contributed by atoms with Gasteiger partial charge in [-0.05, 0) is 75.0 Å². The van der Waals surface area contributed by atoms with Crippen molar-refractivity contribution in [3.05, 3.63) is 102 Å². The van der Waals surface area contributed by atoms with Gasteiger partial charge in [-0.2, -0.15) is 9.97 Å². The zero-order valence-corrected chi connectivity index (χ0v) is 36.1. The third-order valence-electron chi connectivity index (χ3n) is 12.1. The van der Waals surface area contributed by atoms with Crippen molar-refractivity contribution >= 4 is 55.3 Å². The number of benzene rings is 4. The maximum atomic E-state index is 7.11. The zero-order valence-electron chi connectivity index (χ0n) is 34.1. The highest BCUT2D eigenvalue weighted by Gasteiger charge is 2.47. The number of imidazole rings is 1. The van der Waals surface area contributed by atoms with Gasteiger partial charge in [-0.25, -0.2) is 4.98 Å². The number of hydrogen-bond donors (Lipinski definition) is 1. The van der Waals surface area contributed by atoms with E-state index in [1.807, 2.05) is 41.2 Å². The minimum atomic E-state index is -2.14. The number of anilines is 1. The highest BCUT2D eigenvalue weighted by molar-refractivity contribution is 6.74. The first kappa shape index (κ1) is 39.1. The van der Waals surface area contributed by atoms with E-state index in [0.29, 0.717) is 49.2 Å². The molecule has 0 saturated carbocycles. The van der Waals surface area contributed by atoms with Crippen molar-refractivity contribution in [2.24, 2.45) is 0 Å². The Bertz CT molecular complexity index is 2230. The molecule has 55 heavy (non-hydrogen) atoms. The molecule has 0 amide bonds. The summed E-state index contributed by atoms with van der Waals surface area (Å²) in [6, 6.07) is 29.4. The second kappa shape index (κ2) is 15.1. The molecule has 0 spiro atoms. The molecular formula is C44H57N5O4Si2. The summed E-state index contributed by atoms with van der Waals surface area (Å²) in [5.41, 5.74) is 3.46. The van der Waals surface area contributed by atoms with Gasteiger partial charge in [0.05, 0.1) is 19.0 Å². The van der Waals surface area contributed by atoms with E-state index in [-0.39, 0.29) is 28.5 Å². The molecule has 1 aliphatic heterocycles. The number of aromatic nitrogens is 4. The summed E-state index contributed by atoms with van der Waals surface area (Å²) in [7, 11) is -4.18. The van der Waals surface area contributed by atoms with Crippen LogP contribution in [0.15, 0.2) is 91.3 Å². The van der Waals surface area contributed by atoms with Gasteiger partial charge in [-0.3, -0.25) is 4.57 Å². The highest BCUT2D eigenvalue weighted by Crippen LogP contribution is 2.43. The van der Waals surface area contributed by atoms with Crippen molar-refractivity contribution in [1.29, 1.82) is 0 Å². The minimum absolute atomic E-state index is 0.0474. The van der Waals surface area contributed by atoms with Gasteiger partial charge in [-0.15, -0.1) is 0 Å². The Kier molecular flexibility index (Phi) is 10.7. The van der Waals surface area contributed by atoms with E-state index in [2.05, 4.69) is 128 Å². The number of nitrogens with one attached hydrogen (secondary N) is 1. The molecule has 2 aromatic heterocycles. The number of nitrogens with zero attached hydrogens (tertiary/aromatic N) is 4. The lowest BCUT2D eigenvalue weighted by molar-refractivity contribution is -0.0383. The molecule has 1 saturated heterocycles. The largest absolute Gasteiger partial charge is 0.471 e. The van der Waals surface area contributed by atoms with Gasteiger partial charge in [0, 0.05) is 13.0 Å². The summed E-state index contributed by atoms with van der Waals surface area (Å²) < 4.78 is 29.3. The summed E-state index contributed by atoms with van der Waals surface area (Å²) in [4.78, 5) is 14.9. The van der Waals surface area contributed by atoms with Crippen LogP contribution in [0.2, 0.25) is 36.3 Å². The molecule has 1 N–H and O–H groups in total. The standard InChI is InChI=1S/C44H57N5O4Si2/c1-43(2,3)54(7,8)51-28-37-36(53-55(9,10)44(4,5)6)25-38(52-37)49-29-46-39-40(49)47-42(48-41(39)50-27-30-18-12-11-13-19-30)45-26-35-33-22-16-14-20-31(33)24-32-21-15-17-23-34(32)35/h11-24,29,36-38H,25-28H2,1-10H3,(H,45,47,48)/t36-,37+,38+/m0/s1. The zero-order chi connectivity index (χ0) is 39.2. The summed E-state index contributed by atoms with van der Waals surface area (Å²) >= 11 is 0. The maximum absolute atomic E-state index is 7.11. The third-order valence-corrected chi connectivity index (χ3v) is 21.1. The van der Waals surface area contributed by atoms with Gasteiger partial charge in [0.15, 0.2) is 27.8 Å². The maximum Gasteiger partial charge on any atom is 0.247 e. The summed E-state index contributed by atoms with van der Waals surface area (Å²) in [5.74, 6) is 0.877. The molecular weight excluding hydrogens is 719 g/mol. The van der Waals surface area contributed by atoms with Crippen LogP contribution in [0.1, 0.15) is 65.3 Å². The fourth-order valence-electron chi connectivity index (χ4n) is 6.68. The fourth-order valence-corrected chi connectivity index (χ4v) is 9.05. The molecule has 0 unspecified atom stereocenters. The van der Waals surface area contributed by atoms with Crippen LogP contribution in [0.4, 0.5) is 5.95 Å². The van der Waals surface area contributed by atoms with E-state index in [0.717, 1.165) is 5.56 Å². The molecule has 290 valence electrons. The molecule has 0 bridgehead atoms. The molecule has 7 rings (SSSR count). The quantitative estimate of drug-likeness (QED) is 0.0970. The van der Waals surface area contributed by atoms with Crippen LogP contribution in [-0.2, 0) is 26.7 Å². The van der Waals surface area contributed by atoms with E-state index in [4.69, 9.17) is 33.3 Å². The van der Waals surface area contributed by atoms with Crippen LogP contribution in [0, 0.1) is 0 Å². The van der Waals surface area contributed by atoms with Crippen molar-refractivity contribution in [3.8, 4) is 5.88 Å². The number of hydrogen-bond acceptors (Lipinski definition) is 8. The Labute approximate surface area is 328 Å². The van der Waals surface area contributed by atoms with Crippen LogP contribution in [0.3, 0.4) is 0 Å². The van der Waals surface area contributed by atoms with Gasteiger partial charge >= 0.3 is 0 Å². The smallest absolute Gasteiger partial charge is 0.247 e. The third kappa shape index (κ3) is 8.22. The van der Waals surface area contributed by atoms with Gasteiger partial charge in [0.25, 0.3) is 0 Å². The number of rotatable bonds is 12. The lowest BCUT2D eigenvalue weighted by Crippen LogP contribution is -2.48. The lowest BCUT2D eigenvalue weighted by atomic mass is 9.97. The Hall–Kier alpha value is -4.14. The minimum Gasteiger partial charge on any atom is -0.471 e. The molecule has 11 heteroatoms. The fraction of sp³-hybridized carbons (Fsp3) is 0.432. The second-order valence-corrected chi connectivity index (χ2v) is 27.5. The molecule has 3 atom stereocenters. The second-order valence-electron chi connectivity index (χ2n) is 18.0. The van der Waals surface area contributed by atoms with Gasteiger partial charge < -0.3 is 23.6 Å². The SMILES string of the molecule is CC(C)(C)[Si](C)(C)OC[C@H]1O[C@@H](n2cnc3c(OCc4ccccc4)nc(NCc4c5ccccc5cc5ccccc45)nc32)C[C@@H]1O[Si](C)(C)C(C)(C)C. The monoisotopic (exact) mass is 775 g/mol. The first-order chi connectivity index (χ1) is 26.0. The van der Waals surface area contributed by atoms with Crippen molar-refractivity contribution in [3.63, 3.8) is 0 Å². The first-order valence-corrected chi connectivity index (χ1v) is 25.3.